The molecule has 1 fully saturated rings. The molecule has 106 valence electrons. The van der Waals surface area contributed by atoms with E-state index in [0.29, 0.717) is 0 Å². The lowest BCUT2D eigenvalue weighted by molar-refractivity contribution is -0.919. The Labute approximate surface area is 133 Å². The minimum atomic E-state index is 0. The zero-order chi connectivity index (χ0) is 13.6. The van der Waals surface area contributed by atoms with E-state index in [-0.39, 0.29) is 17.0 Å². The van der Waals surface area contributed by atoms with Crippen LogP contribution in [0.2, 0.25) is 0 Å². The van der Waals surface area contributed by atoms with Crippen molar-refractivity contribution in [3.05, 3.63) is 35.4 Å². The fourth-order valence-corrected chi connectivity index (χ4v) is 2.78. The summed E-state index contributed by atoms with van der Waals surface area (Å²) >= 11 is 0. The average molecular weight is 332 g/mol. The molecule has 1 saturated heterocycles. The molecule has 0 bridgehead atoms. The van der Waals surface area contributed by atoms with Crippen LogP contribution in [0.4, 0.5) is 0 Å². The van der Waals surface area contributed by atoms with E-state index in [1.807, 2.05) is 0 Å². The van der Waals surface area contributed by atoms with Gasteiger partial charge in [0, 0.05) is 5.56 Å². The van der Waals surface area contributed by atoms with Gasteiger partial charge in [0.2, 0.25) is 0 Å². The Morgan fingerprint density at radius 1 is 1.15 bits per heavy atom. The summed E-state index contributed by atoms with van der Waals surface area (Å²) in [4.78, 5) is 0. The van der Waals surface area contributed by atoms with Gasteiger partial charge < -0.3 is 21.5 Å². The van der Waals surface area contributed by atoms with Gasteiger partial charge in [-0.1, -0.05) is 18.1 Å². The van der Waals surface area contributed by atoms with Gasteiger partial charge in [-0.15, -0.1) is 6.42 Å². The molecule has 0 N–H and O–H groups in total. The van der Waals surface area contributed by atoms with Gasteiger partial charge in [0.05, 0.1) is 13.1 Å². The minimum Gasteiger partial charge on any atom is -1.00 e. The van der Waals surface area contributed by atoms with Gasteiger partial charge in [-0.3, -0.25) is 0 Å². The summed E-state index contributed by atoms with van der Waals surface area (Å²) in [7, 11) is 0. The minimum absolute atomic E-state index is 0. The van der Waals surface area contributed by atoms with Crippen LogP contribution in [0, 0.1) is 31.1 Å². The highest BCUT2D eigenvalue weighted by atomic mass is 79.9. The summed E-state index contributed by atoms with van der Waals surface area (Å²) in [5.41, 5.74) is 2.37. The first-order chi connectivity index (χ1) is 9.24. The molecular weight excluding hydrogens is 310 g/mol. The number of hydrogen-bond acceptors (Lipinski definition) is 0. The summed E-state index contributed by atoms with van der Waals surface area (Å²) < 4.78 is 0.995. The third kappa shape index (κ3) is 4.71. The molecule has 0 spiro atoms. The summed E-state index contributed by atoms with van der Waals surface area (Å²) in [6, 6.07) is 8.37. The van der Waals surface area contributed by atoms with Crippen LogP contribution >= 0.6 is 0 Å². The molecule has 0 atom stereocenters. The quantitative estimate of drug-likeness (QED) is 0.528. The van der Waals surface area contributed by atoms with E-state index in [1.165, 1.54) is 37.9 Å². The van der Waals surface area contributed by atoms with Gasteiger partial charge >= 0.3 is 0 Å². The van der Waals surface area contributed by atoms with Crippen molar-refractivity contribution in [3.8, 4) is 24.2 Å². The van der Waals surface area contributed by atoms with Crippen molar-refractivity contribution in [1.82, 2.24) is 0 Å². The highest BCUT2D eigenvalue weighted by Gasteiger charge is 2.27. The number of piperidine rings is 1. The Bertz CT molecular complexity index is 524. The monoisotopic (exact) mass is 331 g/mol. The van der Waals surface area contributed by atoms with Crippen LogP contribution < -0.4 is 17.0 Å². The molecule has 1 heterocycles. The van der Waals surface area contributed by atoms with Crippen molar-refractivity contribution in [1.29, 1.82) is 0 Å². The number of hydrogen-bond donors (Lipinski definition) is 0. The number of aryl methyl sites for hydroxylation is 1. The molecule has 1 aliphatic heterocycles. The van der Waals surface area contributed by atoms with E-state index in [2.05, 4.69) is 49.0 Å². The second kappa shape index (κ2) is 8.15. The van der Waals surface area contributed by atoms with Crippen LogP contribution in [0.15, 0.2) is 24.3 Å². The van der Waals surface area contributed by atoms with E-state index >= 15 is 0 Å². The smallest absolute Gasteiger partial charge is 0.142 e. The molecule has 1 nitrogen and oxygen atoms in total. The molecule has 0 amide bonds. The fraction of sp³-hybridized carbons (Fsp3) is 0.444. The van der Waals surface area contributed by atoms with Crippen molar-refractivity contribution in [2.75, 3.05) is 26.2 Å². The molecule has 0 unspecified atom stereocenters. The third-order valence-corrected chi connectivity index (χ3v) is 3.86. The van der Waals surface area contributed by atoms with Gasteiger partial charge in [-0.05, 0) is 55.7 Å². The number of benzene rings is 1. The van der Waals surface area contributed by atoms with E-state index in [4.69, 9.17) is 6.42 Å². The number of halogens is 1. The molecule has 0 aliphatic carbocycles. The van der Waals surface area contributed by atoms with E-state index in [1.54, 1.807) is 0 Å². The predicted octanol–water partition coefficient (Wildman–Crippen LogP) is -0.0156. The Kier molecular flexibility index (Phi) is 6.86. The lowest BCUT2D eigenvalue weighted by atomic mass is 10.1. The lowest BCUT2D eigenvalue weighted by Crippen LogP contribution is -3.00. The van der Waals surface area contributed by atoms with Gasteiger partial charge in [-0.25, -0.2) is 0 Å². The number of terminal acetylenes is 1. The first-order valence-corrected chi connectivity index (χ1v) is 7.08. The predicted molar refractivity (Wildman–Crippen MR) is 80.5 cm³/mol. The Morgan fingerprint density at radius 3 is 2.55 bits per heavy atom. The molecule has 2 rings (SSSR count). The molecule has 1 aliphatic rings. The van der Waals surface area contributed by atoms with Crippen molar-refractivity contribution < 1.29 is 21.5 Å². The Hall–Kier alpha value is -1.22. The normalized spacial score (nSPS) is 16.2. The van der Waals surface area contributed by atoms with Crippen LogP contribution in [-0.4, -0.2) is 30.7 Å². The molecule has 1 aromatic carbocycles. The van der Waals surface area contributed by atoms with Crippen molar-refractivity contribution in [3.63, 3.8) is 0 Å². The molecule has 20 heavy (non-hydrogen) atoms. The fourth-order valence-electron chi connectivity index (χ4n) is 2.78. The number of quaternary nitrogens is 1. The third-order valence-electron chi connectivity index (χ3n) is 3.86. The van der Waals surface area contributed by atoms with Crippen molar-refractivity contribution >= 4 is 0 Å². The van der Waals surface area contributed by atoms with E-state index in [9.17, 15) is 0 Å². The first-order valence-electron chi connectivity index (χ1n) is 7.08. The maximum Gasteiger partial charge on any atom is 0.142 e. The molecular formula is C18H22BrN. The topological polar surface area (TPSA) is 0 Å². The van der Waals surface area contributed by atoms with Gasteiger partial charge in [0.25, 0.3) is 0 Å². The largest absolute Gasteiger partial charge is 1.00 e. The standard InChI is InChI=1S/C18H22N.BrH/c1-3-12-19(13-5-4-6-14-19)15-8-11-18-10-7-9-17(2)16-18;/h1,7,9-10,16H,4-6,12-15H2,2H3;1H/q+1;/p-1. The zero-order valence-electron chi connectivity index (χ0n) is 12.2. The highest BCUT2D eigenvalue weighted by molar-refractivity contribution is 5.36. The number of rotatable bonds is 2. The van der Waals surface area contributed by atoms with Crippen LogP contribution in [0.1, 0.15) is 30.4 Å². The van der Waals surface area contributed by atoms with Gasteiger partial charge in [-0.2, -0.15) is 0 Å². The molecule has 0 saturated carbocycles. The van der Waals surface area contributed by atoms with Crippen LogP contribution in [0.5, 0.6) is 0 Å². The van der Waals surface area contributed by atoms with E-state index < -0.39 is 0 Å². The van der Waals surface area contributed by atoms with Crippen LogP contribution in [0.3, 0.4) is 0 Å². The van der Waals surface area contributed by atoms with Crippen molar-refractivity contribution in [2.24, 2.45) is 0 Å². The number of nitrogens with zero attached hydrogens (tertiary/aromatic N) is 1. The average Bonchev–Trinajstić information content (AvgIpc) is 2.40. The molecule has 1 aromatic rings. The lowest BCUT2D eigenvalue weighted by Gasteiger charge is -2.38. The zero-order valence-corrected chi connectivity index (χ0v) is 13.7. The second-order valence-electron chi connectivity index (χ2n) is 5.54. The second-order valence-corrected chi connectivity index (χ2v) is 5.54. The SMILES string of the molecule is C#CC[N+]1(CC#Cc2cccc(C)c2)CCCCC1.[Br-]. The van der Waals surface area contributed by atoms with Crippen LogP contribution in [-0.2, 0) is 0 Å². The van der Waals surface area contributed by atoms with Gasteiger partial charge in [0.1, 0.15) is 13.1 Å². The summed E-state index contributed by atoms with van der Waals surface area (Å²) in [5, 5.41) is 0. The number of likely N-dealkylation sites (tertiary alicyclic amines) is 1. The van der Waals surface area contributed by atoms with Crippen molar-refractivity contribution in [2.45, 2.75) is 26.2 Å². The molecule has 2 heteroatoms. The molecule has 0 radical (unpaired) electrons. The maximum absolute atomic E-state index is 5.53. The Balaban J connectivity index is 0.00000200. The van der Waals surface area contributed by atoms with E-state index in [0.717, 1.165) is 23.1 Å². The molecule has 0 aromatic heterocycles. The maximum atomic E-state index is 5.53. The highest BCUT2D eigenvalue weighted by Crippen LogP contribution is 2.17. The summed E-state index contributed by atoms with van der Waals surface area (Å²) in [6.45, 7) is 6.18. The van der Waals surface area contributed by atoms with Crippen LogP contribution in [0.25, 0.3) is 0 Å². The Morgan fingerprint density at radius 2 is 1.90 bits per heavy atom. The summed E-state index contributed by atoms with van der Waals surface area (Å²) in [6.07, 6.45) is 9.45. The van der Waals surface area contributed by atoms with Gasteiger partial charge in [0.15, 0.2) is 0 Å². The summed E-state index contributed by atoms with van der Waals surface area (Å²) in [5.74, 6) is 9.47. The first kappa shape index (κ1) is 16.8.